The second-order valence-corrected chi connectivity index (χ2v) is 11.4. The van der Waals surface area contributed by atoms with E-state index >= 15 is 0 Å². The monoisotopic (exact) mass is 267 g/mol. The maximum atomic E-state index is 11.1. The summed E-state index contributed by atoms with van der Waals surface area (Å²) in [5.41, 5.74) is 3.93. The molecule has 2 N–H and O–H groups in total. The molecule has 17 heavy (non-hydrogen) atoms. The van der Waals surface area contributed by atoms with E-state index in [4.69, 9.17) is 5.14 Å². The van der Waals surface area contributed by atoms with Crippen LogP contribution in [0.3, 0.4) is 0 Å². The van der Waals surface area contributed by atoms with Crippen LogP contribution in [0.25, 0.3) is 5.20 Å². The van der Waals surface area contributed by atoms with Gasteiger partial charge in [-0.15, -0.1) is 5.73 Å². The van der Waals surface area contributed by atoms with Gasteiger partial charge in [-0.3, -0.25) is 0 Å². The van der Waals surface area contributed by atoms with E-state index in [1.807, 2.05) is 0 Å². The lowest BCUT2D eigenvalue weighted by atomic mass is 10.2. The number of nitrogens with two attached hydrogens (primary N) is 1. The molecule has 0 amide bonds. The van der Waals surface area contributed by atoms with Crippen molar-refractivity contribution in [3.8, 4) is 0 Å². The first-order valence-corrected chi connectivity index (χ1v) is 10.2. The van der Waals surface area contributed by atoms with Crippen molar-refractivity contribution in [3.05, 3.63) is 42.1 Å². The van der Waals surface area contributed by atoms with Gasteiger partial charge in [0.2, 0.25) is 10.0 Å². The van der Waals surface area contributed by atoms with Crippen LogP contribution in [0.1, 0.15) is 5.56 Å². The smallest absolute Gasteiger partial charge is 0.225 e. The highest BCUT2D eigenvalue weighted by molar-refractivity contribution is 7.89. The lowest BCUT2D eigenvalue weighted by Gasteiger charge is -2.19. The van der Waals surface area contributed by atoms with Crippen molar-refractivity contribution in [1.29, 1.82) is 0 Å². The average Bonchev–Trinajstić information content (AvgIpc) is 2.16. The molecule has 1 aromatic rings. The Balaban J connectivity index is 3.25. The molecule has 0 saturated heterocycles. The van der Waals surface area contributed by atoms with Gasteiger partial charge >= 0.3 is 0 Å². The maximum absolute atomic E-state index is 11.1. The fourth-order valence-corrected chi connectivity index (χ4v) is 3.69. The number of benzene rings is 1. The van der Waals surface area contributed by atoms with Crippen LogP contribution in [-0.4, -0.2) is 16.5 Å². The van der Waals surface area contributed by atoms with Crippen molar-refractivity contribution in [1.82, 2.24) is 0 Å². The molecule has 0 aliphatic carbocycles. The van der Waals surface area contributed by atoms with Crippen LogP contribution >= 0.6 is 0 Å². The van der Waals surface area contributed by atoms with Gasteiger partial charge < -0.3 is 0 Å². The Bertz CT molecular complexity index is 562. The zero-order chi connectivity index (χ0) is 13.3. The number of hydrogen-bond acceptors (Lipinski definition) is 2. The van der Waals surface area contributed by atoms with Crippen molar-refractivity contribution >= 4 is 23.3 Å². The van der Waals surface area contributed by atoms with Gasteiger partial charge in [0, 0.05) is 0 Å². The molecule has 0 radical (unpaired) electrons. The topological polar surface area (TPSA) is 60.2 Å². The van der Waals surface area contributed by atoms with Gasteiger partial charge in [-0.2, -0.15) is 0 Å². The zero-order valence-electron chi connectivity index (χ0n) is 10.3. The molecule has 0 aromatic heterocycles. The zero-order valence-corrected chi connectivity index (χ0v) is 12.1. The normalized spacial score (nSPS) is 12.0. The quantitative estimate of drug-likeness (QED) is 0.675. The van der Waals surface area contributed by atoms with Crippen molar-refractivity contribution < 1.29 is 8.42 Å². The number of sulfonamides is 1. The molecule has 1 rings (SSSR count). The predicted molar refractivity (Wildman–Crippen MR) is 73.7 cm³/mol. The third-order valence-corrected chi connectivity index (χ3v) is 5.29. The Morgan fingerprint density at radius 2 is 1.71 bits per heavy atom. The van der Waals surface area contributed by atoms with Gasteiger partial charge in [-0.1, -0.05) is 38.4 Å². The van der Waals surface area contributed by atoms with Crippen LogP contribution < -0.4 is 5.14 Å². The minimum absolute atomic E-state index is 0.125. The van der Waals surface area contributed by atoms with E-state index in [2.05, 4.69) is 32.0 Å². The summed E-state index contributed by atoms with van der Waals surface area (Å²) in [4.78, 5) is 0.125. The molecule has 5 heteroatoms. The van der Waals surface area contributed by atoms with Crippen LogP contribution in [0.5, 0.6) is 0 Å². The summed E-state index contributed by atoms with van der Waals surface area (Å²) in [5.74, 6) is 0. The molecule has 0 fully saturated rings. The van der Waals surface area contributed by atoms with Crippen molar-refractivity contribution in [2.45, 2.75) is 24.5 Å². The van der Waals surface area contributed by atoms with Gasteiger partial charge in [-0.25, -0.2) is 13.6 Å². The van der Waals surface area contributed by atoms with Crippen LogP contribution in [-0.2, 0) is 10.0 Å². The third-order valence-electron chi connectivity index (χ3n) is 2.40. The summed E-state index contributed by atoms with van der Waals surface area (Å²) in [6, 6.07) is 6.54. The maximum Gasteiger partial charge on any atom is 0.238 e. The van der Waals surface area contributed by atoms with E-state index in [1.165, 1.54) is 12.1 Å². The fraction of sp³-hybridized carbons (Fsp3) is 0.250. The van der Waals surface area contributed by atoms with Crippen LogP contribution in [0, 0.1) is 0 Å². The summed E-state index contributed by atoms with van der Waals surface area (Å²) in [7, 11) is -5.15. The molecule has 3 nitrogen and oxygen atoms in total. The highest BCUT2D eigenvalue weighted by atomic mass is 32.2. The van der Waals surface area contributed by atoms with E-state index in [-0.39, 0.29) is 4.90 Å². The molecule has 0 spiro atoms. The first kappa shape index (κ1) is 13.9. The predicted octanol–water partition coefficient (Wildman–Crippen LogP) is 2.38. The second kappa shape index (κ2) is 4.62. The Hall–Kier alpha value is -1.13. The summed E-state index contributed by atoms with van der Waals surface area (Å²) in [6.45, 7) is 10.3. The number of hydrogen-bond donors (Lipinski definition) is 1. The van der Waals surface area contributed by atoms with Crippen LogP contribution in [0.15, 0.2) is 41.5 Å². The number of rotatable bonds is 3. The Labute approximate surface area is 104 Å². The molecule has 0 heterocycles. The van der Waals surface area contributed by atoms with Gasteiger partial charge in [0.15, 0.2) is 0 Å². The summed E-state index contributed by atoms with van der Waals surface area (Å²) < 4.78 is 22.3. The van der Waals surface area contributed by atoms with Crippen LogP contribution in [0.4, 0.5) is 0 Å². The van der Waals surface area contributed by atoms with Gasteiger partial charge in [0.25, 0.3) is 0 Å². The summed E-state index contributed by atoms with van der Waals surface area (Å²) in [6.07, 6.45) is 0. The van der Waals surface area contributed by atoms with Crippen molar-refractivity contribution in [2.24, 2.45) is 5.14 Å². The standard InChI is InChI=1S/C12H17NO2SSi/c1-5-12(17(2,3)4)10-6-8-11(9-7-10)16(13,14)15/h6-9H,1H2,2-4H3,(H2,13,14,15). The lowest BCUT2D eigenvalue weighted by Crippen LogP contribution is -2.22. The van der Waals surface area contributed by atoms with Gasteiger partial charge in [0.05, 0.1) is 13.0 Å². The average molecular weight is 267 g/mol. The summed E-state index contributed by atoms with van der Waals surface area (Å²) >= 11 is 0. The highest BCUT2D eigenvalue weighted by Gasteiger charge is 2.21. The minimum atomic E-state index is -3.62. The van der Waals surface area contributed by atoms with E-state index in [0.29, 0.717) is 0 Å². The van der Waals surface area contributed by atoms with Crippen molar-refractivity contribution in [3.63, 3.8) is 0 Å². The van der Waals surface area contributed by atoms with E-state index in [0.717, 1.165) is 10.8 Å². The molecule has 92 valence electrons. The Kier molecular flexibility index (Phi) is 3.79. The Morgan fingerprint density at radius 1 is 1.24 bits per heavy atom. The first-order valence-electron chi connectivity index (χ1n) is 5.20. The molecule has 0 aliphatic heterocycles. The molecule has 1 aromatic carbocycles. The van der Waals surface area contributed by atoms with E-state index < -0.39 is 18.1 Å². The SMILES string of the molecule is C=C=C(c1ccc(S(N)(=O)=O)cc1)[Si](C)(C)C. The molecule has 0 bridgehead atoms. The van der Waals surface area contributed by atoms with Crippen molar-refractivity contribution in [2.75, 3.05) is 0 Å². The second-order valence-electron chi connectivity index (χ2n) is 4.87. The molecule has 0 atom stereocenters. The lowest BCUT2D eigenvalue weighted by molar-refractivity contribution is 0.598. The molecule has 0 aliphatic rings. The largest absolute Gasteiger partial charge is 0.238 e. The molecule has 0 saturated carbocycles. The van der Waals surface area contributed by atoms with E-state index in [9.17, 15) is 8.42 Å². The highest BCUT2D eigenvalue weighted by Crippen LogP contribution is 2.25. The van der Waals surface area contributed by atoms with Gasteiger partial charge in [-0.05, 0) is 22.9 Å². The third kappa shape index (κ3) is 3.41. The van der Waals surface area contributed by atoms with Crippen LogP contribution in [0.2, 0.25) is 19.6 Å². The summed E-state index contributed by atoms with van der Waals surface area (Å²) in [5, 5.41) is 6.13. The Morgan fingerprint density at radius 3 is 2.00 bits per heavy atom. The molecule has 0 unspecified atom stereocenters. The minimum Gasteiger partial charge on any atom is -0.225 e. The fourth-order valence-electron chi connectivity index (χ4n) is 1.61. The van der Waals surface area contributed by atoms with Gasteiger partial charge in [0.1, 0.15) is 0 Å². The molecular weight excluding hydrogens is 250 g/mol. The first-order chi connectivity index (χ1) is 7.66. The molecular formula is C12H17NO2SSi. The van der Waals surface area contributed by atoms with E-state index in [1.54, 1.807) is 12.1 Å². The number of primary sulfonamides is 1.